The van der Waals surface area contributed by atoms with Crippen molar-refractivity contribution in [2.45, 2.75) is 0 Å². The van der Waals surface area contributed by atoms with E-state index in [0.29, 0.717) is 5.56 Å². The molecular weight excluding hydrogens is 322 g/mol. The first kappa shape index (κ1) is 16.1. The second kappa shape index (κ2) is 6.79. The smallest absolute Gasteiger partial charge is 0.271 e. The van der Waals surface area contributed by atoms with Crippen LogP contribution in [-0.2, 0) is 0 Å². The summed E-state index contributed by atoms with van der Waals surface area (Å²) in [4.78, 5) is 22.2. The zero-order chi connectivity index (χ0) is 17.8. The van der Waals surface area contributed by atoms with Gasteiger partial charge in [0, 0.05) is 23.3 Å². The number of phenolic OH excluding ortho intramolecular Hbond substituents is 1. The van der Waals surface area contributed by atoms with E-state index in [1.807, 2.05) is 24.3 Å². The number of nitro benzene ring substituents is 1. The van der Waals surface area contributed by atoms with Gasteiger partial charge in [-0.1, -0.05) is 36.4 Å². The Labute approximate surface area is 142 Å². The molecule has 0 aromatic heterocycles. The molecule has 1 amide bonds. The summed E-state index contributed by atoms with van der Waals surface area (Å²) in [5.74, 6) is -0.549. The van der Waals surface area contributed by atoms with Crippen LogP contribution in [0.3, 0.4) is 0 Å². The number of fused-ring (bicyclic) bond motifs is 1. The Hall–Kier alpha value is -3.74. The number of carbonyl (C=O) groups excluding carboxylic acids is 1. The number of hydrogen-bond donors (Lipinski definition) is 2. The molecule has 3 rings (SSSR count). The number of phenols is 1. The fraction of sp³-hybridized carbons (Fsp3) is 0. The minimum atomic E-state index is -0.584. The van der Waals surface area contributed by atoms with Gasteiger partial charge in [-0.3, -0.25) is 14.9 Å². The average Bonchev–Trinajstić information content (AvgIpc) is 2.63. The van der Waals surface area contributed by atoms with E-state index in [1.165, 1.54) is 30.5 Å². The van der Waals surface area contributed by atoms with Crippen molar-refractivity contribution in [1.29, 1.82) is 0 Å². The third-order valence-corrected chi connectivity index (χ3v) is 3.63. The molecule has 3 aromatic carbocycles. The number of hydrogen-bond acceptors (Lipinski definition) is 5. The Kier molecular flexibility index (Phi) is 4.38. The predicted molar refractivity (Wildman–Crippen MR) is 93.8 cm³/mol. The van der Waals surface area contributed by atoms with Gasteiger partial charge in [0.1, 0.15) is 5.75 Å². The van der Waals surface area contributed by atoms with Crippen LogP contribution in [0.1, 0.15) is 15.9 Å². The van der Waals surface area contributed by atoms with Crippen molar-refractivity contribution in [3.05, 3.63) is 81.9 Å². The van der Waals surface area contributed by atoms with E-state index in [2.05, 4.69) is 10.5 Å². The molecule has 124 valence electrons. The van der Waals surface area contributed by atoms with Crippen molar-refractivity contribution >= 4 is 28.6 Å². The van der Waals surface area contributed by atoms with Crippen molar-refractivity contribution in [1.82, 2.24) is 5.43 Å². The summed E-state index contributed by atoms with van der Waals surface area (Å²) < 4.78 is 0. The van der Waals surface area contributed by atoms with Crippen LogP contribution < -0.4 is 5.43 Å². The summed E-state index contributed by atoms with van der Waals surface area (Å²) in [5.41, 5.74) is 2.71. The van der Waals surface area contributed by atoms with Gasteiger partial charge < -0.3 is 5.11 Å². The third-order valence-electron chi connectivity index (χ3n) is 3.63. The van der Waals surface area contributed by atoms with Gasteiger partial charge >= 0.3 is 0 Å². The summed E-state index contributed by atoms with van der Waals surface area (Å²) >= 11 is 0. The van der Waals surface area contributed by atoms with Crippen molar-refractivity contribution in [3.8, 4) is 5.75 Å². The number of nitro groups is 1. The van der Waals surface area contributed by atoms with Crippen LogP contribution >= 0.6 is 0 Å². The standard InChI is InChI=1S/C18H13N3O4/c22-17-9-8-12-4-1-2-7-15(12)16(17)11-19-20-18(23)13-5-3-6-14(10-13)21(24)25/h1-11,22H,(H,20,23)/b19-11-. The highest BCUT2D eigenvalue weighted by molar-refractivity contribution is 6.03. The molecule has 0 radical (unpaired) electrons. The van der Waals surface area contributed by atoms with Gasteiger partial charge in [0.2, 0.25) is 0 Å². The molecule has 0 saturated carbocycles. The molecule has 0 atom stereocenters. The summed E-state index contributed by atoms with van der Waals surface area (Å²) in [7, 11) is 0. The van der Waals surface area contributed by atoms with Crippen molar-refractivity contribution in [2.75, 3.05) is 0 Å². The van der Waals surface area contributed by atoms with Crippen LogP contribution in [0, 0.1) is 10.1 Å². The molecule has 0 heterocycles. The first-order chi connectivity index (χ1) is 12.1. The fourth-order valence-corrected chi connectivity index (χ4v) is 2.40. The Morgan fingerprint density at radius 3 is 2.72 bits per heavy atom. The quantitative estimate of drug-likeness (QED) is 0.434. The van der Waals surface area contributed by atoms with Gasteiger partial charge in [0.15, 0.2) is 0 Å². The molecule has 0 aliphatic rings. The lowest BCUT2D eigenvalue weighted by atomic mass is 10.0. The Balaban J connectivity index is 1.82. The summed E-state index contributed by atoms with van der Waals surface area (Å²) in [6, 6.07) is 16.1. The largest absolute Gasteiger partial charge is 0.507 e. The molecule has 2 N–H and O–H groups in total. The second-order valence-electron chi connectivity index (χ2n) is 5.23. The molecule has 0 saturated heterocycles. The lowest BCUT2D eigenvalue weighted by molar-refractivity contribution is -0.384. The molecule has 0 aliphatic carbocycles. The molecule has 25 heavy (non-hydrogen) atoms. The number of nitrogens with zero attached hydrogens (tertiary/aromatic N) is 2. The molecule has 7 nitrogen and oxygen atoms in total. The highest BCUT2D eigenvalue weighted by Gasteiger charge is 2.11. The predicted octanol–water partition coefficient (Wildman–Crippen LogP) is 3.22. The molecule has 7 heteroatoms. The van der Waals surface area contributed by atoms with E-state index in [4.69, 9.17) is 0 Å². The molecule has 0 spiro atoms. The highest BCUT2D eigenvalue weighted by Crippen LogP contribution is 2.25. The van der Waals surface area contributed by atoms with Crippen LogP contribution in [0.4, 0.5) is 5.69 Å². The van der Waals surface area contributed by atoms with Crippen molar-refractivity contribution in [2.24, 2.45) is 5.10 Å². The molecule has 3 aromatic rings. The zero-order valence-corrected chi connectivity index (χ0v) is 12.9. The number of nitrogens with one attached hydrogen (secondary N) is 1. The number of non-ortho nitro benzene ring substituents is 1. The number of aromatic hydroxyl groups is 1. The van der Waals surface area contributed by atoms with Crippen LogP contribution in [0.5, 0.6) is 5.75 Å². The maximum atomic E-state index is 12.0. The molecule has 0 unspecified atom stereocenters. The summed E-state index contributed by atoms with van der Waals surface area (Å²) in [6.07, 6.45) is 1.34. The Bertz CT molecular complexity index is 999. The first-order valence-electron chi connectivity index (χ1n) is 7.35. The number of amides is 1. The Morgan fingerprint density at radius 1 is 1.12 bits per heavy atom. The van der Waals surface area contributed by atoms with Crippen LogP contribution in [0.2, 0.25) is 0 Å². The van der Waals surface area contributed by atoms with Crippen LogP contribution in [0.15, 0.2) is 65.8 Å². The highest BCUT2D eigenvalue weighted by atomic mass is 16.6. The SMILES string of the molecule is O=C(N/N=C\c1c(O)ccc2ccccc12)c1cccc([N+](=O)[O-])c1. The van der Waals surface area contributed by atoms with Gasteiger partial charge in [-0.15, -0.1) is 0 Å². The van der Waals surface area contributed by atoms with E-state index in [1.54, 1.807) is 12.1 Å². The second-order valence-corrected chi connectivity index (χ2v) is 5.23. The monoisotopic (exact) mass is 335 g/mol. The van der Waals surface area contributed by atoms with Gasteiger partial charge in [-0.05, 0) is 22.9 Å². The maximum Gasteiger partial charge on any atom is 0.271 e. The van der Waals surface area contributed by atoms with E-state index in [-0.39, 0.29) is 17.0 Å². The van der Waals surface area contributed by atoms with Gasteiger partial charge in [-0.25, -0.2) is 5.43 Å². The number of benzene rings is 3. The molecule has 0 bridgehead atoms. The van der Waals surface area contributed by atoms with Gasteiger partial charge in [-0.2, -0.15) is 5.10 Å². The zero-order valence-electron chi connectivity index (χ0n) is 12.9. The van der Waals surface area contributed by atoms with Gasteiger partial charge in [0.05, 0.1) is 11.1 Å². The van der Waals surface area contributed by atoms with Crippen LogP contribution in [-0.4, -0.2) is 22.2 Å². The summed E-state index contributed by atoms with van der Waals surface area (Å²) in [6.45, 7) is 0. The van der Waals surface area contributed by atoms with Crippen molar-refractivity contribution < 1.29 is 14.8 Å². The minimum Gasteiger partial charge on any atom is -0.507 e. The van der Waals surface area contributed by atoms with Crippen LogP contribution in [0.25, 0.3) is 10.8 Å². The van der Waals surface area contributed by atoms with E-state index in [0.717, 1.165) is 10.8 Å². The fourth-order valence-electron chi connectivity index (χ4n) is 2.40. The molecular formula is C18H13N3O4. The van der Waals surface area contributed by atoms with E-state index in [9.17, 15) is 20.0 Å². The lowest BCUT2D eigenvalue weighted by Gasteiger charge is -2.05. The number of hydrazone groups is 1. The normalized spacial score (nSPS) is 10.9. The maximum absolute atomic E-state index is 12.0. The van der Waals surface area contributed by atoms with Gasteiger partial charge in [0.25, 0.3) is 11.6 Å². The molecule has 0 fully saturated rings. The van der Waals surface area contributed by atoms with E-state index < -0.39 is 10.8 Å². The first-order valence-corrected chi connectivity index (χ1v) is 7.35. The number of rotatable bonds is 4. The number of carbonyl (C=O) groups is 1. The third kappa shape index (κ3) is 3.45. The average molecular weight is 335 g/mol. The summed E-state index contributed by atoms with van der Waals surface area (Å²) in [5, 5.41) is 26.3. The molecule has 0 aliphatic heterocycles. The van der Waals surface area contributed by atoms with E-state index >= 15 is 0 Å². The van der Waals surface area contributed by atoms with Crippen molar-refractivity contribution in [3.63, 3.8) is 0 Å². The minimum absolute atomic E-state index is 0.0343. The topological polar surface area (TPSA) is 105 Å². The lowest BCUT2D eigenvalue weighted by Crippen LogP contribution is -2.17. The Morgan fingerprint density at radius 2 is 1.92 bits per heavy atom.